The van der Waals surface area contributed by atoms with Gasteiger partial charge >= 0.3 is 0 Å². The first-order chi connectivity index (χ1) is 7.65. The second kappa shape index (κ2) is 4.93. The van der Waals surface area contributed by atoms with Gasteiger partial charge in [-0.2, -0.15) is 0 Å². The number of nitrogens with one attached hydrogen (secondary N) is 1. The number of hydrogen-bond donors (Lipinski definition) is 1. The Hall–Kier alpha value is -0.930. The number of aryl methyl sites for hydroxylation is 1. The van der Waals surface area contributed by atoms with Crippen LogP contribution in [0.3, 0.4) is 0 Å². The molecule has 0 bridgehead atoms. The van der Waals surface area contributed by atoms with Gasteiger partial charge in [-0.3, -0.25) is 4.90 Å². The van der Waals surface area contributed by atoms with Crippen LogP contribution in [0.4, 0.5) is 4.39 Å². The van der Waals surface area contributed by atoms with Crippen molar-refractivity contribution in [2.24, 2.45) is 0 Å². The van der Waals surface area contributed by atoms with Crippen LogP contribution in [0.2, 0.25) is 0 Å². The van der Waals surface area contributed by atoms with Crippen molar-refractivity contribution < 1.29 is 4.39 Å². The van der Waals surface area contributed by atoms with Gasteiger partial charge < -0.3 is 5.32 Å². The third-order valence-electron chi connectivity index (χ3n) is 3.10. The van der Waals surface area contributed by atoms with Crippen LogP contribution in [0.5, 0.6) is 0 Å². The monoisotopic (exact) mass is 222 g/mol. The van der Waals surface area contributed by atoms with Gasteiger partial charge in [0, 0.05) is 32.2 Å². The molecule has 0 aliphatic carbocycles. The molecule has 0 spiro atoms. The van der Waals surface area contributed by atoms with Crippen LogP contribution in [-0.2, 0) is 6.54 Å². The summed E-state index contributed by atoms with van der Waals surface area (Å²) in [6.07, 6.45) is 0. The van der Waals surface area contributed by atoms with Gasteiger partial charge in [-0.1, -0.05) is 12.1 Å². The highest BCUT2D eigenvalue weighted by molar-refractivity contribution is 5.23. The van der Waals surface area contributed by atoms with Gasteiger partial charge in [0.1, 0.15) is 5.82 Å². The van der Waals surface area contributed by atoms with Crippen LogP contribution in [0.1, 0.15) is 18.1 Å². The highest BCUT2D eigenvalue weighted by Crippen LogP contribution is 2.12. The zero-order valence-corrected chi connectivity index (χ0v) is 9.96. The van der Waals surface area contributed by atoms with Gasteiger partial charge in [-0.15, -0.1) is 0 Å². The summed E-state index contributed by atoms with van der Waals surface area (Å²) in [4.78, 5) is 2.37. The number of benzene rings is 1. The average Bonchev–Trinajstić information content (AvgIpc) is 2.24. The zero-order chi connectivity index (χ0) is 11.5. The number of halogens is 1. The largest absolute Gasteiger partial charge is 0.312 e. The van der Waals surface area contributed by atoms with Gasteiger partial charge in [-0.25, -0.2) is 4.39 Å². The molecule has 0 radical (unpaired) electrons. The van der Waals surface area contributed by atoms with Crippen molar-refractivity contribution in [2.45, 2.75) is 26.4 Å². The predicted octanol–water partition coefficient (Wildman–Crippen LogP) is 1.93. The Morgan fingerprint density at radius 2 is 2.31 bits per heavy atom. The topological polar surface area (TPSA) is 15.3 Å². The summed E-state index contributed by atoms with van der Waals surface area (Å²) in [6.45, 7) is 7.93. The van der Waals surface area contributed by atoms with Gasteiger partial charge in [0.15, 0.2) is 0 Å². The number of hydrogen-bond acceptors (Lipinski definition) is 2. The van der Waals surface area contributed by atoms with E-state index in [2.05, 4.69) is 17.1 Å². The van der Waals surface area contributed by atoms with E-state index >= 15 is 0 Å². The SMILES string of the molecule is Cc1ccc(CN2CCN[C@@H](C)C2)cc1F. The van der Waals surface area contributed by atoms with E-state index in [9.17, 15) is 4.39 Å². The van der Waals surface area contributed by atoms with Gasteiger partial charge in [0.25, 0.3) is 0 Å². The summed E-state index contributed by atoms with van der Waals surface area (Å²) in [6, 6.07) is 6.06. The van der Waals surface area contributed by atoms with Crippen molar-refractivity contribution >= 4 is 0 Å². The smallest absolute Gasteiger partial charge is 0.126 e. The minimum absolute atomic E-state index is 0.0966. The molecule has 88 valence electrons. The van der Waals surface area contributed by atoms with Crippen molar-refractivity contribution in [1.29, 1.82) is 0 Å². The molecule has 1 heterocycles. The van der Waals surface area contributed by atoms with Crippen LogP contribution in [0.25, 0.3) is 0 Å². The van der Waals surface area contributed by atoms with Crippen molar-refractivity contribution in [3.8, 4) is 0 Å². The van der Waals surface area contributed by atoms with E-state index in [0.29, 0.717) is 6.04 Å². The molecule has 0 unspecified atom stereocenters. The molecule has 1 saturated heterocycles. The second-order valence-corrected chi connectivity index (χ2v) is 4.67. The molecular weight excluding hydrogens is 203 g/mol. The molecule has 1 aliphatic rings. The lowest BCUT2D eigenvalue weighted by Gasteiger charge is -2.31. The van der Waals surface area contributed by atoms with E-state index in [0.717, 1.165) is 37.3 Å². The van der Waals surface area contributed by atoms with Crippen molar-refractivity contribution in [3.63, 3.8) is 0 Å². The Bertz CT molecular complexity index is 365. The maximum Gasteiger partial charge on any atom is 0.126 e. The lowest BCUT2D eigenvalue weighted by atomic mass is 10.1. The highest BCUT2D eigenvalue weighted by Gasteiger charge is 2.15. The summed E-state index contributed by atoms with van der Waals surface area (Å²) in [5.41, 5.74) is 1.79. The fourth-order valence-corrected chi connectivity index (χ4v) is 2.15. The minimum Gasteiger partial charge on any atom is -0.312 e. The summed E-state index contributed by atoms with van der Waals surface area (Å²) in [7, 11) is 0. The van der Waals surface area contributed by atoms with E-state index in [4.69, 9.17) is 0 Å². The number of piperazine rings is 1. The Morgan fingerprint density at radius 1 is 1.50 bits per heavy atom. The van der Waals surface area contributed by atoms with E-state index < -0.39 is 0 Å². The Labute approximate surface area is 96.5 Å². The molecule has 16 heavy (non-hydrogen) atoms. The summed E-state index contributed by atoms with van der Waals surface area (Å²) in [5.74, 6) is -0.0966. The van der Waals surface area contributed by atoms with Crippen molar-refractivity contribution in [1.82, 2.24) is 10.2 Å². The summed E-state index contributed by atoms with van der Waals surface area (Å²) in [5, 5.41) is 3.40. The quantitative estimate of drug-likeness (QED) is 0.822. The maximum absolute atomic E-state index is 13.4. The lowest BCUT2D eigenvalue weighted by molar-refractivity contribution is 0.199. The predicted molar refractivity (Wildman–Crippen MR) is 63.9 cm³/mol. The fourth-order valence-electron chi connectivity index (χ4n) is 2.15. The van der Waals surface area contributed by atoms with Crippen molar-refractivity contribution in [2.75, 3.05) is 19.6 Å². The van der Waals surface area contributed by atoms with Gasteiger partial charge in [-0.05, 0) is 31.0 Å². The van der Waals surface area contributed by atoms with E-state index in [1.54, 1.807) is 13.0 Å². The van der Waals surface area contributed by atoms with Crippen LogP contribution in [0, 0.1) is 12.7 Å². The first-order valence-corrected chi connectivity index (χ1v) is 5.86. The molecule has 0 aromatic heterocycles. The molecule has 0 amide bonds. The number of nitrogens with zero attached hydrogens (tertiary/aromatic N) is 1. The van der Waals surface area contributed by atoms with E-state index in [-0.39, 0.29) is 5.82 Å². The first kappa shape index (κ1) is 11.6. The molecule has 1 aliphatic heterocycles. The van der Waals surface area contributed by atoms with Gasteiger partial charge in [0.2, 0.25) is 0 Å². The molecule has 1 atom stereocenters. The maximum atomic E-state index is 13.4. The van der Waals surface area contributed by atoms with Crippen LogP contribution in [0.15, 0.2) is 18.2 Å². The van der Waals surface area contributed by atoms with Crippen molar-refractivity contribution in [3.05, 3.63) is 35.1 Å². The normalized spacial score (nSPS) is 22.3. The Morgan fingerprint density at radius 3 is 3.00 bits per heavy atom. The van der Waals surface area contributed by atoms with Crippen LogP contribution in [-0.4, -0.2) is 30.6 Å². The van der Waals surface area contributed by atoms with Crippen LogP contribution >= 0.6 is 0 Å². The molecule has 1 aromatic carbocycles. The molecule has 3 heteroatoms. The lowest BCUT2D eigenvalue weighted by Crippen LogP contribution is -2.48. The molecular formula is C13H19FN2. The van der Waals surface area contributed by atoms with Gasteiger partial charge in [0.05, 0.1) is 0 Å². The Kier molecular flexibility index (Phi) is 3.56. The molecule has 2 nitrogen and oxygen atoms in total. The van der Waals surface area contributed by atoms with E-state index in [1.165, 1.54) is 0 Å². The van der Waals surface area contributed by atoms with E-state index in [1.807, 2.05) is 12.1 Å². The summed E-state index contributed by atoms with van der Waals surface area (Å²) >= 11 is 0. The third-order valence-corrected chi connectivity index (χ3v) is 3.10. The first-order valence-electron chi connectivity index (χ1n) is 5.86. The fraction of sp³-hybridized carbons (Fsp3) is 0.538. The molecule has 0 saturated carbocycles. The Balaban J connectivity index is 2.00. The third kappa shape index (κ3) is 2.80. The molecule has 1 fully saturated rings. The highest BCUT2D eigenvalue weighted by atomic mass is 19.1. The zero-order valence-electron chi connectivity index (χ0n) is 9.96. The molecule has 1 aromatic rings. The average molecular weight is 222 g/mol. The molecule has 1 N–H and O–H groups in total. The molecule has 2 rings (SSSR count). The van der Waals surface area contributed by atoms with Crippen LogP contribution < -0.4 is 5.32 Å². The summed E-state index contributed by atoms with van der Waals surface area (Å²) < 4.78 is 13.4. The standard InChI is InChI=1S/C13H19FN2/c1-10-3-4-12(7-13(10)14)9-16-6-5-15-11(2)8-16/h3-4,7,11,15H,5-6,8-9H2,1-2H3/t11-/m0/s1. The number of rotatable bonds is 2. The second-order valence-electron chi connectivity index (χ2n) is 4.67. The minimum atomic E-state index is -0.0966.